The van der Waals surface area contributed by atoms with Crippen LogP contribution in [0.4, 0.5) is 10.1 Å². The Labute approximate surface area is 129 Å². The summed E-state index contributed by atoms with van der Waals surface area (Å²) in [5.41, 5.74) is 8.24. The zero-order valence-electron chi connectivity index (χ0n) is 11.1. The number of hydrogen-bond acceptors (Lipinski definition) is 4. The van der Waals surface area contributed by atoms with E-state index in [-0.39, 0.29) is 19.2 Å². The zero-order chi connectivity index (χ0) is 14.8. The molecule has 2 aromatic carbocycles. The number of rotatable bonds is 3. The van der Waals surface area contributed by atoms with E-state index >= 15 is 0 Å². The van der Waals surface area contributed by atoms with Gasteiger partial charge in [0.05, 0.1) is 11.1 Å². The fourth-order valence-corrected chi connectivity index (χ4v) is 2.52. The van der Waals surface area contributed by atoms with Crippen LogP contribution in [0.15, 0.2) is 34.8 Å². The van der Waals surface area contributed by atoms with Crippen molar-refractivity contribution < 1.29 is 18.6 Å². The van der Waals surface area contributed by atoms with Gasteiger partial charge in [-0.25, -0.2) is 4.39 Å². The van der Waals surface area contributed by atoms with Crippen molar-refractivity contribution in [3.8, 4) is 11.5 Å². The normalized spacial score (nSPS) is 13.4. The van der Waals surface area contributed by atoms with Crippen molar-refractivity contribution >= 4 is 21.6 Å². The highest BCUT2D eigenvalue weighted by Gasteiger charge is 2.16. The third kappa shape index (κ3) is 3.11. The summed E-state index contributed by atoms with van der Waals surface area (Å²) in [6.45, 7) is 0.965. The molecule has 0 bridgehead atoms. The molecular weight excluding hydrogens is 341 g/mol. The summed E-state index contributed by atoms with van der Waals surface area (Å²) < 4.78 is 30.0. The Morgan fingerprint density at radius 1 is 1.29 bits per heavy atom. The summed E-state index contributed by atoms with van der Waals surface area (Å²) in [6.07, 6.45) is 0. The van der Waals surface area contributed by atoms with Gasteiger partial charge in [0.2, 0.25) is 0 Å². The molecule has 2 N–H and O–H groups in total. The molecule has 0 aliphatic carbocycles. The van der Waals surface area contributed by atoms with Crippen LogP contribution in [0.1, 0.15) is 11.1 Å². The molecule has 3 rings (SSSR count). The number of ether oxygens (including phenoxy) is 3. The standard InChI is InChI=1S/C15H13BrFNO3/c16-13-5-12(1-2-14(13)17)20-7-10-4-11(18)3-9-6-19-8-21-15(9)10/h1-5H,6-8,18H2. The molecule has 4 nitrogen and oxygen atoms in total. The molecule has 0 amide bonds. The Morgan fingerprint density at radius 2 is 2.14 bits per heavy atom. The van der Waals surface area contributed by atoms with Gasteiger partial charge in [-0.15, -0.1) is 0 Å². The van der Waals surface area contributed by atoms with Crippen LogP contribution in [-0.4, -0.2) is 6.79 Å². The Balaban J connectivity index is 1.81. The molecule has 0 atom stereocenters. The molecule has 1 aliphatic rings. The Bertz CT molecular complexity index is 678. The molecule has 0 aromatic heterocycles. The van der Waals surface area contributed by atoms with Crippen LogP contribution in [0, 0.1) is 5.82 Å². The Kier molecular flexibility index (Phi) is 3.98. The topological polar surface area (TPSA) is 53.7 Å². The number of benzene rings is 2. The lowest BCUT2D eigenvalue weighted by Gasteiger charge is -2.21. The van der Waals surface area contributed by atoms with Gasteiger partial charge in [-0.1, -0.05) is 0 Å². The third-order valence-corrected chi connectivity index (χ3v) is 3.70. The van der Waals surface area contributed by atoms with Crippen LogP contribution in [0.5, 0.6) is 11.5 Å². The SMILES string of the molecule is Nc1cc2c(c(COc3ccc(F)c(Br)c3)c1)OCOC2. The molecule has 0 spiro atoms. The van der Waals surface area contributed by atoms with Crippen molar-refractivity contribution in [2.24, 2.45) is 0 Å². The predicted molar refractivity (Wildman–Crippen MR) is 79.6 cm³/mol. The summed E-state index contributed by atoms with van der Waals surface area (Å²) in [7, 11) is 0. The minimum Gasteiger partial charge on any atom is -0.489 e. The molecule has 1 heterocycles. The molecule has 0 fully saturated rings. The van der Waals surface area contributed by atoms with Crippen LogP contribution >= 0.6 is 15.9 Å². The third-order valence-electron chi connectivity index (χ3n) is 3.09. The highest BCUT2D eigenvalue weighted by Crippen LogP contribution is 2.32. The fraction of sp³-hybridized carbons (Fsp3) is 0.200. The Hall–Kier alpha value is -1.79. The maximum atomic E-state index is 13.2. The molecule has 0 saturated heterocycles. The van der Waals surface area contributed by atoms with E-state index in [1.165, 1.54) is 6.07 Å². The number of nitrogens with two attached hydrogens (primary N) is 1. The molecular formula is C15H13BrFNO3. The van der Waals surface area contributed by atoms with Crippen LogP contribution in [0.25, 0.3) is 0 Å². The number of nitrogen functional groups attached to an aromatic ring is 1. The van der Waals surface area contributed by atoms with Gasteiger partial charge in [-0.2, -0.15) is 0 Å². The molecule has 2 aromatic rings. The maximum Gasteiger partial charge on any atom is 0.189 e. The molecule has 21 heavy (non-hydrogen) atoms. The number of hydrogen-bond donors (Lipinski definition) is 1. The average Bonchev–Trinajstić information content (AvgIpc) is 2.48. The van der Waals surface area contributed by atoms with E-state index < -0.39 is 0 Å². The van der Waals surface area contributed by atoms with Crippen molar-refractivity contribution in [1.29, 1.82) is 0 Å². The average molecular weight is 354 g/mol. The van der Waals surface area contributed by atoms with Gasteiger partial charge < -0.3 is 19.9 Å². The van der Waals surface area contributed by atoms with Crippen LogP contribution in [-0.2, 0) is 18.0 Å². The van der Waals surface area contributed by atoms with Gasteiger partial charge in [-0.3, -0.25) is 0 Å². The predicted octanol–water partition coefficient (Wildman–Crippen LogP) is 3.62. The minimum absolute atomic E-state index is 0.214. The van der Waals surface area contributed by atoms with Gasteiger partial charge in [0.25, 0.3) is 0 Å². The monoisotopic (exact) mass is 353 g/mol. The molecule has 0 saturated carbocycles. The highest BCUT2D eigenvalue weighted by molar-refractivity contribution is 9.10. The second kappa shape index (κ2) is 5.91. The summed E-state index contributed by atoms with van der Waals surface area (Å²) in [5, 5.41) is 0. The van der Waals surface area contributed by atoms with Crippen LogP contribution in [0.2, 0.25) is 0 Å². The number of fused-ring (bicyclic) bond motifs is 1. The minimum atomic E-state index is -0.329. The van der Waals surface area contributed by atoms with Crippen molar-refractivity contribution in [2.45, 2.75) is 13.2 Å². The number of halogens is 2. The van der Waals surface area contributed by atoms with E-state index in [0.29, 0.717) is 22.5 Å². The van der Waals surface area contributed by atoms with E-state index in [0.717, 1.165) is 16.9 Å². The Morgan fingerprint density at radius 3 is 2.95 bits per heavy atom. The van der Waals surface area contributed by atoms with E-state index in [9.17, 15) is 4.39 Å². The summed E-state index contributed by atoms with van der Waals surface area (Å²) >= 11 is 3.13. The maximum absolute atomic E-state index is 13.2. The molecule has 6 heteroatoms. The smallest absolute Gasteiger partial charge is 0.189 e. The molecule has 0 radical (unpaired) electrons. The van der Waals surface area contributed by atoms with Gasteiger partial charge in [0.15, 0.2) is 6.79 Å². The second-order valence-corrected chi connectivity index (χ2v) is 5.50. The van der Waals surface area contributed by atoms with E-state index in [2.05, 4.69) is 15.9 Å². The van der Waals surface area contributed by atoms with Crippen molar-refractivity contribution in [3.63, 3.8) is 0 Å². The molecule has 0 unspecified atom stereocenters. The van der Waals surface area contributed by atoms with Gasteiger partial charge >= 0.3 is 0 Å². The van der Waals surface area contributed by atoms with Crippen molar-refractivity contribution in [2.75, 3.05) is 12.5 Å². The first kappa shape index (κ1) is 14.2. The van der Waals surface area contributed by atoms with E-state index in [4.69, 9.17) is 19.9 Å². The van der Waals surface area contributed by atoms with Gasteiger partial charge in [0, 0.05) is 16.8 Å². The summed E-state index contributed by atoms with van der Waals surface area (Å²) in [4.78, 5) is 0. The van der Waals surface area contributed by atoms with Crippen LogP contribution in [0.3, 0.4) is 0 Å². The first-order valence-electron chi connectivity index (χ1n) is 6.33. The van der Waals surface area contributed by atoms with Crippen LogP contribution < -0.4 is 15.2 Å². The van der Waals surface area contributed by atoms with Crippen molar-refractivity contribution in [3.05, 3.63) is 51.7 Å². The lowest BCUT2D eigenvalue weighted by Crippen LogP contribution is -2.14. The zero-order valence-corrected chi connectivity index (χ0v) is 12.7. The molecule has 1 aliphatic heterocycles. The first-order chi connectivity index (χ1) is 10.1. The molecule has 110 valence electrons. The first-order valence-corrected chi connectivity index (χ1v) is 7.12. The highest BCUT2D eigenvalue weighted by atomic mass is 79.9. The lowest BCUT2D eigenvalue weighted by molar-refractivity contribution is -0.0175. The quantitative estimate of drug-likeness (QED) is 0.856. The number of anilines is 1. The van der Waals surface area contributed by atoms with Gasteiger partial charge in [-0.05, 0) is 46.3 Å². The van der Waals surface area contributed by atoms with E-state index in [1.807, 2.05) is 12.1 Å². The summed E-state index contributed by atoms with van der Waals surface area (Å²) in [5.74, 6) is 0.979. The second-order valence-electron chi connectivity index (χ2n) is 4.64. The van der Waals surface area contributed by atoms with Crippen molar-refractivity contribution in [1.82, 2.24) is 0 Å². The van der Waals surface area contributed by atoms with Gasteiger partial charge in [0.1, 0.15) is 23.9 Å². The summed E-state index contributed by atoms with van der Waals surface area (Å²) in [6, 6.07) is 8.13. The largest absolute Gasteiger partial charge is 0.489 e. The van der Waals surface area contributed by atoms with E-state index in [1.54, 1.807) is 12.1 Å². The fourth-order valence-electron chi connectivity index (χ4n) is 2.16. The lowest BCUT2D eigenvalue weighted by atomic mass is 10.1.